The second-order valence-corrected chi connectivity index (χ2v) is 17.9. The highest BCUT2D eigenvalue weighted by atomic mass is 15.2. The van der Waals surface area contributed by atoms with E-state index in [1.165, 1.54) is 0 Å². The summed E-state index contributed by atoms with van der Waals surface area (Å²) in [6.45, 7) is 0. The van der Waals surface area contributed by atoms with E-state index in [2.05, 4.69) is 113 Å². The van der Waals surface area contributed by atoms with Crippen LogP contribution in [0.15, 0.2) is 218 Å². The molecule has 0 spiro atoms. The van der Waals surface area contributed by atoms with Crippen LogP contribution in [0.1, 0.15) is 18.5 Å². The van der Waals surface area contributed by atoms with Crippen LogP contribution < -0.4 is 4.90 Å². The van der Waals surface area contributed by atoms with E-state index in [-0.39, 0.29) is 0 Å². The van der Waals surface area contributed by atoms with Gasteiger partial charge in [-0.2, -0.15) is 0 Å². The Labute approximate surface area is 414 Å². The van der Waals surface area contributed by atoms with Crippen LogP contribution >= 0.6 is 0 Å². The molecular formula is C62H40N10. The summed E-state index contributed by atoms with van der Waals surface area (Å²) >= 11 is 0. The minimum Gasteiger partial charge on any atom is -0.294 e. The predicted molar refractivity (Wildman–Crippen MR) is 289 cm³/mol. The average molecular weight is 925 g/mol. The molecule has 8 aromatic heterocycles. The summed E-state index contributed by atoms with van der Waals surface area (Å²) in [5.41, 5.74) is 16.6. The SMILES string of the molecule is C1=NC(c2cc(-c3ccccn3)cc(N3c4cc5c(cc4-c4ccc(-c6ccccn6)c6cccc3c46)c3cc(-c4ccccn4)ccc3n5-c3cc(-c4ccccn4)cc(-c4ccccn4)n3)n2)=CCC1. The number of pyridine rings is 7. The van der Waals surface area contributed by atoms with E-state index in [1.807, 2.05) is 116 Å². The zero-order valence-electron chi connectivity index (χ0n) is 38.7. The van der Waals surface area contributed by atoms with Crippen molar-refractivity contribution in [1.29, 1.82) is 0 Å². The summed E-state index contributed by atoms with van der Waals surface area (Å²) < 4.78 is 2.29. The van der Waals surface area contributed by atoms with E-state index in [0.717, 1.165) is 147 Å². The van der Waals surface area contributed by atoms with Crippen molar-refractivity contribution in [2.24, 2.45) is 4.99 Å². The van der Waals surface area contributed by atoms with Gasteiger partial charge >= 0.3 is 0 Å². The van der Waals surface area contributed by atoms with Crippen LogP contribution in [0, 0.1) is 0 Å². The van der Waals surface area contributed by atoms with Gasteiger partial charge in [0.15, 0.2) is 0 Å². The van der Waals surface area contributed by atoms with Gasteiger partial charge in [0.1, 0.15) is 11.6 Å². The molecule has 10 nitrogen and oxygen atoms in total. The number of rotatable bonds is 8. The van der Waals surface area contributed by atoms with Gasteiger partial charge < -0.3 is 0 Å². The van der Waals surface area contributed by atoms with Crippen LogP contribution in [0.25, 0.3) is 112 Å². The molecule has 0 saturated carbocycles. The number of aliphatic imine (C=N–C) groups is 1. The fourth-order valence-corrected chi connectivity index (χ4v) is 10.4. The van der Waals surface area contributed by atoms with Crippen LogP contribution in [0.3, 0.4) is 0 Å². The third-order valence-corrected chi connectivity index (χ3v) is 13.6. The number of fused-ring (bicyclic) bond motifs is 5. The lowest BCUT2D eigenvalue weighted by Crippen LogP contribution is -2.17. The molecule has 0 atom stereocenters. The van der Waals surface area contributed by atoms with Gasteiger partial charge in [0.2, 0.25) is 0 Å². The topological polar surface area (TPSA) is 111 Å². The number of nitrogens with zero attached hydrogens (tertiary/aromatic N) is 10. The molecule has 10 heteroatoms. The molecule has 0 bridgehead atoms. The fraction of sp³-hybridized carbons (Fsp3) is 0.0323. The Balaban J connectivity index is 1.10. The van der Waals surface area contributed by atoms with Crippen LogP contribution in [0.5, 0.6) is 0 Å². The van der Waals surface area contributed by atoms with Crippen molar-refractivity contribution in [3.8, 4) is 73.4 Å². The first-order valence-electron chi connectivity index (χ1n) is 24.0. The lowest BCUT2D eigenvalue weighted by Gasteiger charge is -2.34. The van der Waals surface area contributed by atoms with Crippen molar-refractivity contribution in [3.63, 3.8) is 0 Å². The maximum absolute atomic E-state index is 5.55. The molecular weight excluding hydrogens is 885 g/mol. The quantitative estimate of drug-likeness (QED) is 0.148. The molecule has 0 aliphatic carbocycles. The lowest BCUT2D eigenvalue weighted by atomic mass is 9.87. The monoisotopic (exact) mass is 924 g/mol. The third-order valence-electron chi connectivity index (χ3n) is 13.6. The van der Waals surface area contributed by atoms with Crippen LogP contribution in [-0.4, -0.2) is 45.7 Å². The molecule has 2 aliphatic heterocycles. The average Bonchev–Trinajstić information content (AvgIpc) is 3.78. The zero-order valence-corrected chi connectivity index (χ0v) is 38.7. The highest BCUT2D eigenvalue weighted by Gasteiger charge is 2.31. The highest BCUT2D eigenvalue weighted by molar-refractivity contribution is 6.21. The zero-order chi connectivity index (χ0) is 47.5. The number of benzene rings is 4. The fourth-order valence-electron chi connectivity index (χ4n) is 10.4. The Kier molecular flexibility index (Phi) is 9.73. The molecule has 338 valence electrons. The number of allylic oxidation sites excluding steroid dienone is 1. The number of hydrogen-bond donors (Lipinski definition) is 0. The molecule has 0 saturated heterocycles. The van der Waals surface area contributed by atoms with E-state index in [1.54, 1.807) is 0 Å². The van der Waals surface area contributed by atoms with Crippen LogP contribution in [0.4, 0.5) is 17.2 Å². The smallest absolute Gasteiger partial charge is 0.139 e. The van der Waals surface area contributed by atoms with Crippen LogP contribution in [0.2, 0.25) is 0 Å². The molecule has 12 aromatic rings. The van der Waals surface area contributed by atoms with Gasteiger partial charge in [-0.1, -0.05) is 66.7 Å². The van der Waals surface area contributed by atoms with Gasteiger partial charge in [-0.3, -0.25) is 39.4 Å². The summed E-state index contributed by atoms with van der Waals surface area (Å²) in [5, 5.41) is 4.32. The van der Waals surface area contributed by atoms with E-state index < -0.39 is 0 Å². The second-order valence-electron chi connectivity index (χ2n) is 17.9. The van der Waals surface area contributed by atoms with Crippen molar-refractivity contribution in [2.75, 3.05) is 4.90 Å². The van der Waals surface area contributed by atoms with E-state index in [4.69, 9.17) is 39.9 Å². The standard InChI is InChI=1S/C62H40N10/c1-7-26-63-48(15-1)39-22-25-56-45(32-39)47-37-46-44-24-23-42(51-18-4-10-29-66-51)43-14-13-21-57(62(43)44)72(61-36-41(50-17-3-9-28-65-50)34-55(70-61)53-20-6-12-31-68-53)58(46)38-59(47)71(56)60-35-40(49-16-2-8-27-64-49)33-54(69-60)52-19-5-11-30-67-52/h1-5,7-11,13-38H,6,12H2. The maximum atomic E-state index is 5.55. The first-order valence-corrected chi connectivity index (χ1v) is 24.0. The molecule has 14 rings (SSSR count). The van der Waals surface area contributed by atoms with Gasteiger partial charge in [0.05, 0.1) is 68.0 Å². The summed E-state index contributed by atoms with van der Waals surface area (Å²) in [6.07, 6.45) is 15.1. The Morgan fingerprint density at radius 3 is 1.64 bits per heavy atom. The number of aromatic nitrogens is 8. The maximum Gasteiger partial charge on any atom is 0.139 e. The number of anilines is 3. The molecule has 0 unspecified atom stereocenters. The van der Waals surface area contributed by atoms with Crippen molar-refractivity contribution >= 4 is 61.7 Å². The molecule has 0 N–H and O–H groups in total. The molecule has 2 aliphatic rings. The molecule has 10 heterocycles. The third kappa shape index (κ3) is 6.95. The largest absolute Gasteiger partial charge is 0.294 e. The molecule has 0 amide bonds. The van der Waals surface area contributed by atoms with Crippen molar-refractivity contribution < 1.29 is 0 Å². The van der Waals surface area contributed by atoms with Gasteiger partial charge in [-0.25, -0.2) is 9.97 Å². The summed E-state index contributed by atoms with van der Waals surface area (Å²) in [4.78, 5) is 42.3. The normalized spacial score (nSPS) is 12.9. The minimum absolute atomic E-state index is 0.730. The van der Waals surface area contributed by atoms with Gasteiger partial charge in [-0.05, 0) is 139 Å². The van der Waals surface area contributed by atoms with E-state index in [9.17, 15) is 0 Å². The van der Waals surface area contributed by atoms with E-state index >= 15 is 0 Å². The first kappa shape index (κ1) is 41.2. The first-order chi connectivity index (χ1) is 35.7. The molecule has 0 radical (unpaired) electrons. The Bertz CT molecular complexity index is 4080. The second kappa shape index (κ2) is 17.0. The van der Waals surface area contributed by atoms with Gasteiger partial charge in [-0.15, -0.1) is 0 Å². The van der Waals surface area contributed by atoms with E-state index in [0.29, 0.717) is 0 Å². The van der Waals surface area contributed by atoms with Gasteiger partial charge in [0.25, 0.3) is 0 Å². The predicted octanol–water partition coefficient (Wildman–Crippen LogP) is 14.7. The summed E-state index contributed by atoms with van der Waals surface area (Å²) in [7, 11) is 0. The molecule has 72 heavy (non-hydrogen) atoms. The van der Waals surface area contributed by atoms with Crippen molar-refractivity contribution in [3.05, 3.63) is 219 Å². The lowest BCUT2D eigenvalue weighted by molar-refractivity contribution is 1.07. The van der Waals surface area contributed by atoms with Gasteiger partial charge in [0, 0.05) is 81.2 Å². The van der Waals surface area contributed by atoms with Crippen molar-refractivity contribution in [1.82, 2.24) is 39.5 Å². The Morgan fingerprint density at radius 2 is 0.972 bits per heavy atom. The Hall–Kier alpha value is -9.80. The summed E-state index contributed by atoms with van der Waals surface area (Å²) in [5.74, 6) is 1.47. The van der Waals surface area contributed by atoms with Crippen LogP contribution in [-0.2, 0) is 0 Å². The molecule has 4 aromatic carbocycles. The molecule has 0 fully saturated rings. The Morgan fingerprint density at radius 1 is 0.361 bits per heavy atom. The summed E-state index contributed by atoms with van der Waals surface area (Å²) in [6, 6.07) is 60.9. The minimum atomic E-state index is 0.730. The van der Waals surface area contributed by atoms with Crippen molar-refractivity contribution in [2.45, 2.75) is 12.8 Å². The number of hydrogen-bond acceptors (Lipinski definition) is 9. The highest BCUT2D eigenvalue weighted by Crippen LogP contribution is 2.54.